The van der Waals surface area contributed by atoms with Gasteiger partial charge in [0.05, 0.1) is 19.1 Å². The molecule has 1 aliphatic rings. The highest BCUT2D eigenvalue weighted by Gasteiger charge is 2.31. The Morgan fingerprint density at radius 3 is 2.65 bits per heavy atom. The van der Waals surface area contributed by atoms with Gasteiger partial charge in [-0.1, -0.05) is 12.5 Å². The van der Waals surface area contributed by atoms with E-state index in [9.17, 15) is 14.0 Å². The van der Waals surface area contributed by atoms with E-state index in [1.807, 2.05) is 0 Å². The quantitative estimate of drug-likeness (QED) is 0.873. The summed E-state index contributed by atoms with van der Waals surface area (Å²) in [5.41, 5.74) is 0.641. The molecule has 3 unspecified atom stereocenters. The summed E-state index contributed by atoms with van der Waals surface area (Å²) in [6.45, 7) is 1.77. The summed E-state index contributed by atoms with van der Waals surface area (Å²) in [6.07, 6.45) is 2.42. The van der Waals surface area contributed by atoms with Gasteiger partial charge in [0.2, 0.25) is 5.91 Å². The second kappa shape index (κ2) is 7.44. The molecule has 1 amide bonds. The number of rotatable bonds is 5. The molecule has 1 aromatic carbocycles. The molecule has 2 rings (SSSR count). The van der Waals surface area contributed by atoms with Crippen LogP contribution in [0, 0.1) is 17.7 Å². The molecule has 0 saturated heterocycles. The molecular weight excluding hydrogens is 301 g/mol. The third kappa shape index (κ3) is 4.21. The molecule has 0 aromatic heterocycles. The van der Waals surface area contributed by atoms with Gasteiger partial charge in [-0.25, -0.2) is 4.39 Å². The first-order valence-corrected chi connectivity index (χ1v) is 7.79. The van der Waals surface area contributed by atoms with Crippen LogP contribution >= 0.6 is 0 Å². The largest absolute Gasteiger partial charge is 0.494 e. The fourth-order valence-electron chi connectivity index (χ4n) is 3.02. The van der Waals surface area contributed by atoms with Gasteiger partial charge in [0.15, 0.2) is 11.6 Å². The van der Waals surface area contributed by atoms with E-state index in [1.165, 1.54) is 19.2 Å². The Bertz CT molecular complexity index is 590. The van der Waals surface area contributed by atoms with E-state index in [4.69, 9.17) is 9.84 Å². The molecule has 0 aliphatic heterocycles. The number of carboxylic acid groups (broad SMARTS) is 1. The molecule has 6 heteroatoms. The number of halogens is 1. The number of amides is 1. The van der Waals surface area contributed by atoms with E-state index in [1.54, 1.807) is 13.0 Å². The number of hydrogen-bond donors (Lipinski definition) is 2. The Morgan fingerprint density at radius 2 is 2.04 bits per heavy atom. The van der Waals surface area contributed by atoms with Crippen LogP contribution in [-0.2, 0) is 9.59 Å². The van der Waals surface area contributed by atoms with Crippen molar-refractivity contribution in [3.8, 4) is 5.75 Å². The first-order chi connectivity index (χ1) is 10.9. The minimum absolute atomic E-state index is 0.156. The van der Waals surface area contributed by atoms with Crippen molar-refractivity contribution in [2.45, 2.75) is 38.6 Å². The number of nitrogens with one attached hydrogen (secondary N) is 1. The first kappa shape index (κ1) is 17.2. The molecule has 1 fully saturated rings. The summed E-state index contributed by atoms with van der Waals surface area (Å²) >= 11 is 0. The second-order valence-corrected chi connectivity index (χ2v) is 6.02. The molecule has 0 heterocycles. The lowest BCUT2D eigenvalue weighted by Crippen LogP contribution is -2.36. The molecule has 23 heavy (non-hydrogen) atoms. The monoisotopic (exact) mass is 323 g/mol. The van der Waals surface area contributed by atoms with Gasteiger partial charge in [-0.15, -0.1) is 0 Å². The van der Waals surface area contributed by atoms with Gasteiger partial charge >= 0.3 is 5.97 Å². The Morgan fingerprint density at radius 1 is 1.35 bits per heavy atom. The molecule has 1 aromatic rings. The van der Waals surface area contributed by atoms with Crippen molar-refractivity contribution >= 4 is 11.9 Å². The molecule has 1 saturated carbocycles. The van der Waals surface area contributed by atoms with Gasteiger partial charge in [0, 0.05) is 5.92 Å². The second-order valence-electron chi connectivity index (χ2n) is 6.02. The van der Waals surface area contributed by atoms with Gasteiger partial charge in [-0.3, -0.25) is 9.59 Å². The predicted octanol–water partition coefficient (Wildman–Crippen LogP) is 2.90. The van der Waals surface area contributed by atoms with E-state index in [0.29, 0.717) is 24.8 Å². The SMILES string of the molecule is COc1ccc(C(C)NC(=O)C2CCCC(C(=O)O)C2)cc1F. The summed E-state index contributed by atoms with van der Waals surface area (Å²) in [5.74, 6) is -2.07. The van der Waals surface area contributed by atoms with Gasteiger partial charge in [-0.05, 0) is 43.9 Å². The zero-order chi connectivity index (χ0) is 17.0. The highest BCUT2D eigenvalue weighted by molar-refractivity contribution is 5.80. The Labute approximate surface area is 134 Å². The Balaban J connectivity index is 1.99. The van der Waals surface area contributed by atoms with Gasteiger partial charge in [0.25, 0.3) is 0 Å². The van der Waals surface area contributed by atoms with Crippen LogP contribution in [-0.4, -0.2) is 24.1 Å². The lowest BCUT2D eigenvalue weighted by atomic mass is 9.81. The lowest BCUT2D eigenvalue weighted by molar-refractivity contribution is -0.144. The number of carboxylic acids is 1. The van der Waals surface area contributed by atoms with Crippen molar-refractivity contribution in [2.75, 3.05) is 7.11 Å². The summed E-state index contributed by atoms with van der Waals surface area (Å²) in [6, 6.07) is 4.21. The Hall–Kier alpha value is -2.11. The van der Waals surface area contributed by atoms with Crippen molar-refractivity contribution in [1.82, 2.24) is 5.32 Å². The number of hydrogen-bond acceptors (Lipinski definition) is 3. The van der Waals surface area contributed by atoms with Crippen LogP contribution in [0.2, 0.25) is 0 Å². The summed E-state index contributed by atoms with van der Waals surface area (Å²) in [5, 5.41) is 11.9. The van der Waals surface area contributed by atoms with Gasteiger partial charge < -0.3 is 15.2 Å². The molecule has 5 nitrogen and oxygen atoms in total. The number of benzene rings is 1. The van der Waals surface area contributed by atoms with Crippen LogP contribution in [0.5, 0.6) is 5.75 Å². The number of methoxy groups -OCH3 is 1. The summed E-state index contributed by atoms with van der Waals surface area (Å²) in [7, 11) is 1.39. The van der Waals surface area contributed by atoms with Crippen molar-refractivity contribution in [2.24, 2.45) is 11.8 Å². The molecule has 0 spiro atoms. The number of carbonyl (C=O) groups excluding carboxylic acids is 1. The van der Waals surface area contributed by atoms with Crippen LogP contribution in [0.4, 0.5) is 4.39 Å². The molecule has 1 aliphatic carbocycles. The fraction of sp³-hybridized carbons (Fsp3) is 0.529. The van der Waals surface area contributed by atoms with E-state index < -0.39 is 17.7 Å². The van der Waals surface area contributed by atoms with Crippen LogP contribution < -0.4 is 10.1 Å². The summed E-state index contributed by atoms with van der Waals surface area (Å²) < 4.78 is 18.6. The number of ether oxygens (including phenoxy) is 1. The first-order valence-electron chi connectivity index (χ1n) is 7.79. The maximum Gasteiger partial charge on any atom is 0.306 e. The van der Waals surface area contributed by atoms with Crippen molar-refractivity contribution < 1.29 is 23.8 Å². The average molecular weight is 323 g/mol. The van der Waals surface area contributed by atoms with Crippen LogP contribution in [0.1, 0.15) is 44.2 Å². The zero-order valence-corrected chi connectivity index (χ0v) is 13.3. The third-order valence-corrected chi connectivity index (χ3v) is 4.43. The fourth-order valence-corrected chi connectivity index (χ4v) is 3.02. The van der Waals surface area contributed by atoms with Gasteiger partial charge in [0.1, 0.15) is 0 Å². The lowest BCUT2D eigenvalue weighted by Gasteiger charge is -2.27. The van der Waals surface area contributed by atoms with E-state index in [0.717, 1.165) is 6.42 Å². The molecule has 2 N–H and O–H groups in total. The van der Waals surface area contributed by atoms with Crippen molar-refractivity contribution in [3.63, 3.8) is 0 Å². The molecular formula is C17H22FNO4. The van der Waals surface area contributed by atoms with E-state index in [-0.39, 0.29) is 23.6 Å². The van der Waals surface area contributed by atoms with Gasteiger partial charge in [-0.2, -0.15) is 0 Å². The zero-order valence-electron chi connectivity index (χ0n) is 13.3. The predicted molar refractivity (Wildman–Crippen MR) is 82.6 cm³/mol. The molecule has 3 atom stereocenters. The van der Waals surface area contributed by atoms with Crippen molar-refractivity contribution in [3.05, 3.63) is 29.6 Å². The number of aliphatic carboxylic acids is 1. The maximum absolute atomic E-state index is 13.7. The van der Waals surface area contributed by atoms with E-state index in [2.05, 4.69) is 5.32 Å². The highest BCUT2D eigenvalue weighted by Crippen LogP contribution is 2.30. The Kier molecular flexibility index (Phi) is 5.58. The maximum atomic E-state index is 13.7. The number of carbonyl (C=O) groups is 2. The average Bonchev–Trinajstić information content (AvgIpc) is 2.54. The normalized spacial score (nSPS) is 22.2. The summed E-state index contributed by atoms with van der Waals surface area (Å²) in [4.78, 5) is 23.4. The highest BCUT2D eigenvalue weighted by atomic mass is 19.1. The third-order valence-electron chi connectivity index (χ3n) is 4.43. The smallest absolute Gasteiger partial charge is 0.306 e. The molecule has 0 radical (unpaired) electrons. The standard InChI is InChI=1S/C17H22FNO4/c1-10(11-6-7-15(23-2)14(18)9-11)19-16(20)12-4-3-5-13(8-12)17(21)22/h6-7,9-10,12-13H,3-5,8H2,1-2H3,(H,19,20)(H,21,22). The molecule has 0 bridgehead atoms. The van der Waals surface area contributed by atoms with E-state index >= 15 is 0 Å². The molecule has 126 valence electrons. The van der Waals surface area contributed by atoms with Crippen LogP contribution in [0.15, 0.2) is 18.2 Å². The van der Waals surface area contributed by atoms with Crippen LogP contribution in [0.3, 0.4) is 0 Å². The van der Waals surface area contributed by atoms with Crippen LogP contribution in [0.25, 0.3) is 0 Å². The topological polar surface area (TPSA) is 75.6 Å². The van der Waals surface area contributed by atoms with Crippen molar-refractivity contribution in [1.29, 1.82) is 0 Å². The minimum Gasteiger partial charge on any atom is -0.494 e. The minimum atomic E-state index is -0.840.